The molecule has 0 aliphatic carbocycles. The maximum atomic E-state index is 11.7. The summed E-state index contributed by atoms with van der Waals surface area (Å²) in [4.78, 5) is 11.7. The molecule has 1 aliphatic rings. The number of nitriles is 1. The molecule has 1 aromatic carbocycles. The summed E-state index contributed by atoms with van der Waals surface area (Å²) in [5.41, 5.74) is 0.513. The first-order valence-corrected chi connectivity index (χ1v) is 8.43. The van der Waals surface area contributed by atoms with Crippen LogP contribution in [0.2, 0.25) is 0 Å². The molecule has 1 N–H and O–H groups in total. The van der Waals surface area contributed by atoms with Crippen LogP contribution in [0.15, 0.2) is 24.3 Å². The van der Waals surface area contributed by atoms with Crippen LogP contribution in [0, 0.1) is 11.3 Å². The van der Waals surface area contributed by atoms with Gasteiger partial charge in [0.1, 0.15) is 5.75 Å². The van der Waals surface area contributed by atoms with E-state index in [0.717, 1.165) is 0 Å². The molecule has 0 saturated carbocycles. The van der Waals surface area contributed by atoms with E-state index in [9.17, 15) is 13.2 Å². The molecule has 7 heteroatoms. The van der Waals surface area contributed by atoms with E-state index in [4.69, 9.17) is 10.00 Å². The van der Waals surface area contributed by atoms with E-state index in [1.807, 2.05) is 6.07 Å². The highest BCUT2D eigenvalue weighted by Gasteiger charge is 2.25. The zero-order valence-corrected chi connectivity index (χ0v) is 12.2. The minimum Gasteiger partial charge on any atom is -0.484 e. The summed E-state index contributed by atoms with van der Waals surface area (Å²) >= 11 is 0. The molecule has 21 heavy (non-hydrogen) atoms. The fourth-order valence-corrected chi connectivity index (χ4v) is 3.82. The van der Waals surface area contributed by atoms with Crippen molar-refractivity contribution in [2.24, 2.45) is 0 Å². The third kappa shape index (κ3) is 4.76. The van der Waals surface area contributed by atoms with Gasteiger partial charge in [0.2, 0.25) is 0 Å². The van der Waals surface area contributed by atoms with Gasteiger partial charge in [-0.15, -0.1) is 0 Å². The van der Waals surface area contributed by atoms with E-state index < -0.39 is 9.84 Å². The lowest BCUT2D eigenvalue weighted by Gasteiger charge is -2.22. The molecule has 0 aromatic heterocycles. The maximum absolute atomic E-state index is 11.7. The Labute approximate surface area is 123 Å². The highest BCUT2D eigenvalue weighted by molar-refractivity contribution is 7.91. The first-order chi connectivity index (χ1) is 9.98. The largest absolute Gasteiger partial charge is 0.484 e. The summed E-state index contributed by atoms with van der Waals surface area (Å²) in [6.07, 6.45) is 1.24. The average Bonchev–Trinajstić information content (AvgIpc) is 2.44. The van der Waals surface area contributed by atoms with E-state index in [2.05, 4.69) is 5.32 Å². The smallest absolute Gasteiger partial charge is 0.258 e. The number of carbonyl (C=O) groups is 1. The number of nitrogens with zero attached hydrogens (tertiary/aromatic N) is 1. The van der Waals surface area contributed by atoms with Gasteiger partial charge in [-0.3, -0.25) is 4.79 Å². The third-order valence-corrected chi connectivity index (χ3v) is 5.00. The van der Waals surface area contributed by atoms with Crippen molar-refractivity contribution in [3.8, 4) is 11.8 Å². The molecular weight excluding hydrogens is 292 g/mol. The molecule has 1 heterocycles. The van der Waals surface area contributed by atoms with E-state index in [0.29, 0.717) is 24.2 Å². The molecule has 0 radical (unpaired) electrons. The summed E-state index contributed by atoms with van der Waals surface area (Å²) in [7, 11) is -3.04. The quantitative estimate of drug-likeness (QED) is 0.880. The van der Waals surface area contributed by atoms with Gasteiger partial charge in [0, 0.05) is 6.04 Å². The van der Waals surface area contributed by atoms with Crippen LogP contribution in [-0.4, -0.2) is 38.5 Å². The minimum absolute atomic E-state index is 0.00436. The molecule has 1 aromatic rings. The number of rotatable bonds is 4. The SMILES string of the molecule is N#Cc1ccc(OCC(=O)NC2CCCS(=O)(=O)C2)cc1. The minimum atomic E-state index is -3.04. The molecule has 0 bridgehead atoms. The Morgan fingerprint density at radius 2 is 2.10 bits per heavy atom. The predicted molar refractivity (Wildman–Crippen MR) is 76.5 cm³/mol. The maximum Gasteiger partial charge on any atom is 0.258 e. The number of ether oxygens (including phenoxy) is 1. The summed E-state index contributed by atoms with van der Waals surface area (Å²) in [6.45, 7) is -0.178. The second-order valence-corrected chi connectivity index (χ2v) is 7.17. The van der Waals surface area contributed by atoms with Gasteiger partial charge in [-0.2, -0.15) is 5.26 Å². The lowest BCUT2D eigenvalue weighted by Crippen LogP contribution is -2.44. The fourth-order valence-electron chi connectivity index (χ4n) is 2.18. The van der Waals surface area contributed by atoms with Gasteiger partial charge in [0.05, 0.1) is 23.1 Å². The second-order valence-electron chi connectivity index (χ2n) is 4.95. The Kier molecular flexibility index (Phi) is 4.81. The molecule has 1 atom stereocenters. The van der Waals surface area contributed by atoms with E-state index in [1.54, 1.807) is 24.3 Å². The topological polar surface area (TPSA) is 96.3 Å². The van der Waals surface area contributed by atoms with Crippen molar-refractivity contribution in [2.75, 3.05) is 18.1 Å². The number of sulfone groups is 1. The summed E-state index contributed by atoms with van der Waals surface area (Å²) < 4.78 is 28.2. The molecule has 112 valence electrons. The van der Waals surface area contributed by atoms with Gasteiger partial charge in [0.25, 0.3) is 5.91 Å². The van der Waals surface area contributed by atoms with Gasteiger partial charge < -0.3 is 10.1 Å². The molecule has 1 unspecified atom stereocenters. The molecule has 6 nitrogen and oxygen atoms in total. The standard InChI is InChI=1S/C14H16N2O4S/c15-8-11-3-5-13(6-4-11)20-9-14(17)16-12-2-1-7-21(18,19)10-12/h3-6,12H,1-2,7,9-10H2,(H,16,17). The van der Waals surface area contributed by atoms with Crippen molar-refractivity contribution < 1.29 is 17.9 Å². The Balaban J connectivity index is 1.80. The van der Waals surface area contributed by atoms with Gasteiger partial charge in [-0.1, -0.05) is 0 Å². The Morgan fingerprint density at radius 3 is 2.71 bits per heavy atom. The van der Waals surface area contributed by atoms with Gasteiger partial charge in [-0.05, 0) is 37.1 Å². The first-order valence-electron chi connectivity index (χ1n) is 6.61. The number of amides is 1. The van der Waals surface area contributed by atoms with E-state index in [-0.39, 0.29) is 30.1 Å². The van der Waals surface area contributed by atoms with Gasteiger partial charge in [0.15, 0.2) is 16.4 Å². The Morgan fingerprint density at radius 1 is 1.38 bits per heavy atom. The van der Waals surface area contributed by atoms with Gasteiger partial charge in [-0.25, -0.2) is 8.42 Å². The van der Waals surface area contributed by atoms with Crippen molar-refractivity contribution in [1.82, 2.24) is 5.32 Å². The molecule has 1 aliphatic heterocycles. The van der Waals surface area contributed by atoms with E-state index in [1.165, 1.54) is 0 Å². The average molecular weight is 308 g/mol. The molecular formula is C14H16N2O4S. The van der Waals surface area contributed by atoms with E-state index >= 15 is 0 Å². The van der Waals surface area contributed by atoms with Crippen molar-refractivity contribution in [1.29, 1.82) is 5.26 Å². The van der Waals surface area contributed by atoms with Crippen LogP contribution < -0.4 is 10.1 Å². The zero-order chi connectivity index (χ0) is 15.3. The van der Waals surface area contributed by atoms with Crippen LogP contribution in [0.1, 0.15) is 18.4 Å². The van der Waals surface area contributed by atoms with Crippen LogP contribution >= 0.6 is 0 Å². The summed E-state index contributed by atoms with van der Waals surface area (Å²) in [5.74, 6) is 0.332. The number of benzene rings is 1. The van der Waals surface area contributed by atoms with Crippen LogP contribution in [-0.2, 0) is 14.6 Å². The number of hydrogen-bond donors (Lipinski definition) is 1. The zero-order valence-electron chi connectivity index (χ0n) is 11.4. The second kappa shape index (κ2) is 6.59. The van der Waals surface area contributed by atoms with Crippen LogP contribution in [0.4, 0.5) is 0 Å². The number of nitrogens with one attached hydrogen (secondary N) is 1. The summed E-state index contributed by atoms with van der Waals surface area (Å²) in [5, 5.41) is 11.3. The molecule has 1 fully saturated rings. The lowest BCUT2D eigenvalue weighted by molar-refractivity contribution is -0.123. The molecule has 0 spiro atoms. The van der Waals surface area contributed by atoms with Gasteiger partial charge >= 0.3 is 0 Å². The molecule has 2 rings (SSSR count). The molecule has 1 saturated heterocycles. The van der Waals surface area contributed by atoms with Crippen molar-refractivity contribution >= 4 is 15.7 Å². The highest BCUT2D eigenvalue weighted by atomic mass is 32.2. The monoisotopic (exact) mass is 308 g/mol. The fraction of sp³-hybridized carbons (Fsp3) is 0.429. The van der Waals surface area contributed by atoms with Crippen LogP contribution in [0.25, 0.3) is 0 Å². The van der Waals surface area contributed by atoms with Crippen molar-refractivity contribution in [2.45, 2.75) is 18.9 Å². The summed E-state index contributed by atoms with van der Waals surface area (Å²) in [6, 6.07) is 8.07. The van der Waals surface area contributed by atoms with Crippen LogP contribution in [0.3, 0.4) is 0 Å². The predicted octanol–water partition coefficient (Wildman–Crippen LogP) is 0.630. The highest BCUT2D eigenvalue weighted by Crippen LogP contribution is 2.13. The van der Waals surface area contributed by atoms with Crippen LogP contribution in [0.5, 0.6) is 5.75 Å². The van der Waals surface area contributed by atoms with Crippen molar-refractivity contribution in [3.63, 3.8) is 0 Å². The lowest BCUT2D eigenvalue weighted by atomic mass is 10.2. The normalized spacial score (nSPS) is 20.2. The third-order valence-electron chi connectivity index (χ3n) is 3.18. The van der Waals surface area contributed by atoms with Crippen molar-refractivity contribution in [3.05, 3.63) is 29.8 Å². The number of hydrogen-bond acceptors (Lipinski definition) is 5. The Bertz CT molecular complexity index is 647. The number of carbonyl (C=O) groups excluding carboxylic acids is 1. The Hall–Kier alpha value is -2.07. The first kappa shape index (κ1) is 15.3. The molecule has 1 amide bonds.